The first-order valence-electron chi connectivity index (χ1n) is 13.1. The summed E-state index contributed by atoms with van der Waals surface area (Å²) in [5.41, 5.74) is 1.28. The molecule has 3 amide bonds. The SMILES string of the molecule is C=CCN(C(=O)[C@@H]1[C@H]2C(=O)N(CCO)C(C(=O)N(CC=C)c3ccccc3Cl)C23CC[C@H]1S3)c1ccccc1. The monoisotopic (exact) mass is 565 g/mol. The molecule has 0 aliphatic carbocycles. The number of fused-ring (bicyclic) bond motifs is 1. The Morgan fingerprint density at radius 2 is 1.72 bits per heavy atom. The number of aliphatic hydroxyl groups excluding tert-OH is 1. The lowest BCUT2D eigenvalue weighted by Crippen LogP contribution is -2.55. The summed E-state index contributed by atoms with van der Waals surface area (Å²) in [5, 5.41) is 10.2. The van der Waals surface area contributed by atoms with E-state index in [2.05, 4.69) is 13.2 Å². The molecular formula is C30H32ClN3O4S. The van der Waals surface area contributed by atoms with Crippen LogP contribution in [0.5, 0.6) is 0 Å². The fraction of sp³-hybridized carbons (Fsp3) is 0.367. The van der Waals surface area contributed by atoms with E-state index in [1.54, 1.807) is 58.0 Å². The largest absolute Gasteiger partial charge is 0.395 e. The Balaban J connectivity index is 1.55. The zero-order valence-corrected chi connectivity index (χ0v) is 23.2. The van der Waals surface area contributed by atoms with Gasteiger partial charge in [-0.3, -0.25) is 14.4 Å². The van der Waals surface area contributed by atoms with Crippen molar-refractivity contribution in [3.63, 3.8) is 0 Å². The third-order valence-corrected chi connectivity index (χ3v) is 10.3. The van der Waals surface area contributed by atoms with Crippen molar-refractivity contribution in [3.05, 3.63) is 84.9 Å². The summed E-state index contributed by atoms with van der Waals surface area (Å²) in [7, 11) is 0. The third kappa shape index (κ3) is 4.48. The molecule has 0 saturated carbocycles. The molecule has 5 rings (SSSR count). The minimum Gasteiger partial charge on any atom is -0.395 e. The highest BCUT2D eigenvalue weighted by Gasteiger charge is 2.74. The topological polar surface area (TPSA) is 81.2 Å². The van der Waals surface area contributed by atoms with E-state index >= 15 is 0 Å². The number of β-amino-alcohol motifs (C(OH)–C–C–N with tert-alkyl or cyclic N) is 1. The molecule has 3 aliphatic rings. The van der Waals surface area contributed by atoms with Crippen molar-refractivity contribution in [2.24, 2.45) is 11.8 Å². The number of nitrogens with zero attached hydrogens (tertiary/aromatic N) is 3. The van der Waals surface area contributed by atoms with Crippen molar-refractivity contribution in [1.29, 1.82) is 0 Å². The van der Waals surface area contributed by atoms with Crippen LogP contribution in [0.4, 0.5) is 11.4 Å². The molecule has 204 valence electrons. The standard InChI is InChI=1S/C30H32ClN3O4S/c1-3-16-32(20-10-6-5-7-11-20)27(36)24-23-14-15-30(39-23)25(24)28(37)34(18-19-35)26(30)29(38)33(17-4-2)22-13-9-8-12-21(22)31/h3-13,23-26,35H,1-2,14-19H2/t23-,24+,25+,26?,30?/m1/s1. The van der Waals surface area contributed by atoms with Crippen LogP contribution in [0.15, 0.2) is 79.9 Å². The van der Waals surface area contributed by atoms with Crippen molar-refractivity contribution in [1.82, 2.24) is 4.90 Å². The van der Waals surface area contributed by atoms with Gasteiger partial charge in [0.05, 0.1) is 33.9 Å². The molecule has 0 radical (unpaired) electrons. The molecule has 2 aromatic carbocycles. The molecule has 3 fully saturated rings. The molecule has 3 saturated heterocycles. The smallest absolute Gasteiger partial charge is 0.251 e. The zero-order valence-electron chi connectivity index (χ0n) is 21.6. The van der Waals surface area contributed by atoms with Crippen molar-refractivity contribution in [3.8, 4) is 0 Å². The molecule has 5 atom stereocenters. The molecule has 3 aliphatic heterocycles. The Bertz CT molecular complexity index is 1290. The Labute approximate surface area is 238 Å². The predicted octanol–water partition coefficient (Wildman–Crippen LogP) is 4.16. The second-order valence-electron chi connectivity index (χ2n) is 10.1. The van der Waals surface area contributed by atoms with E-state index in [9.17, 15) is 19.5 Å². The molecule has 2 bridgehead atoms. The van der Waals surface area contributed by atoms with Crippen molar-refractivity contribution in [2.45, 2.75) is 28.9 Å². The molecule has 2 unspecified atom stereocenters. The quantitative estimate of drug-likeness (QED) is 0.438. The number of para-hydroxylation sites is 2. The lowest BCUT2D eigenvalue weighted by molar-refractivity contribution is -0.139. The number of anilines is 2. The second-order valence-corrected chi connectivity index (χ2v) is 12.1. The summed E-state index contributed by atoms with van der Waals surface area (Å²) in [6.45, 7) is 7.91. The predicted molar refractivity (Wildman–Crippen MR) is 156 cm³/mol. The van der Waals surface area contributed by atoms with Gasteiger partial charge in [-0.15, -0.1) is 24.9 Å². The Morgan fingerprint density at radius 1 is 1.05 bits per heavy atom. The van der Waals surface area contributed by atoms with Crippen LogP contribution in [0.2, 0.25) is 5.02 Å². The number of amides is 3. The molecule has 2 aromatic rings. The van der Waals surface area contributed by atoms with Gasteiger partial charge in [0.15, 0.2) is 0 Å². The van der Waals surface area contributed by atoms with Crippen LogP contribution in [0.25, 0.3) is 0 Å². The van der Waals surface area contributed by atoms with E-state index in [1.165, 1.54) is 4.90 Å². The van der Waals surface area contributed by atoms with E-state index in [-0.39, 0.29) is 42.7 Å². The number of likely N-dealkylation sites (tertiary alicyclic amines) is 1. The molecule has 0 aromatic heterocycles. The number of benzene rings is 2. The number of rotatable bonds is 10. The van der Waals surface area contributed by atoms with Gasteiger partial charge in [0.1, 0.15) is 6.04 Å². The van der Waals surface area contributed by atoms with Gasteiger partial charge < -0.3 is 19.8 Å². The fourth-order valence-corrected chi connectivity index (χ4v) is 9.00. The van der Waals surface area contributed by atoms with E-state index in [1.807, 2.05) is 30.3 Å². The highest BCUT2D eigenvalue weighted by molar-refractivity contribution is 8.02. The molecular weight excluding hydrogens is 534 g/mol. The van der Waals surface area contributed by atoms with Gasteiger partial charge in [0, 0.05) is 30.6 Å². The van der Waals surface area contributed by atoms with Gasteiger partial charge in [-0.1, -0.05) is 54.1 Å². The van der Waals surface area contributed by atoms with Crippen LogP contribution in [-0.4, -0.2) is 70.0 Å². The van der Waals surface area contributed by atoms with E-state index in [0.717, 1.165) is 12.1 Å². The van der Waals surface area contributed by atoms with E-state index in [4.69, 9.17) is 11.6 Å². The second kappa shape index (κ2) is 11.2. The van der Waals surface area contributed by atoms with Crippen molar-refractivity contribution >= 4 is 52.5 Å². The molecule has 39 heavy (non-hydrogen) atoms. The molecule has 1 N–H and O–H groups in total. The summed E-state index contributed by atoms with van der Waals surface area (Å²) in [4.78, 5) is 47.4. The number of halogens is 1. The molecule has 1 spiro atoms. The number of hydrogen-bond acceptors (Lipinski definition) is 5. The maximum atomic E-state index is 14.4. The minimum atomic E-state index is -0.837. The Kier molecular flexibility index (Phi) is 7.89. The normalized spacial score (nSPS) is 26.8. The van der Waals surface area contributed by atoms with E-state index in [0.29, 0.717) is 23.7 Å². The van der Waals surface area contributed by atoms with E-state index < -0.39 is 22.6 Å². The van der Waals surface area contributed by atoms with Gasteiger partial charge >= 0.3 is 0 Å². The van der Waals surface area contributed by atoms with Crippen molar-refractivity contribution < 1.29 is 19.5 Å². The van der Waals surface area contributed by atoms with Gasteiger partial charge in [-0.2, -0.15) is 0 Å². The van der Waals surface area contributed by atoms with Gasteiger partial charge in [0.25, 0.3) is 5.91 Å². The van der Waals surface area contributed by atoms with Crippen LogP contribution < -0.4 is 9.80 Å². The summed E-state index contributed by atoms with van der Waals surface area (Å²) >= 11 is 8.09. The average Bonchev–Trinajstić information content (AvgIpc) is 3.58. The zero-order chi connectivity index (χ0) is 27.7. The summed E-state index contributed by atoms with van der Waals surface area (Å²) < 4.78 is -0.772. The summed E-state index contributed by atoms with van der Waals surface area (Å²) in [5.74, 6) is -1.91. The molecule has 9 heteroatoms. The number of carbonyl (C=O) groups is 3. The molecule has 3 heterocycles. The average molecular weight is 566 g/mol. The third-order valence-electron chi connectivity index (χ3n) is 8.03. The molecule has 7 nitrogen and oxygen atoms in total. The highest BCUT2D eigenvalue weighted by Crippen LogP contribution is 2.66. The lowest BCUT2D eigenvalue weighted by Gasteiger charge is -2.37. The number of hydrogen-bond donors (Lipinski definition) is 1. The first kappa shape index (κ1) is 27.5. The van der Waals surface area contributed by atoms with Crippen molar-refractivity contribution in [2.75, 3.05) is 36.0 Å². The first-order chi connectivity index (χ1) is 18.9. The summed E-state index contributed by atoms with van der Waals surface area (Å²) in [6.07, 6.45) is 4.67. The maximum absolute atomic E-state index is 14.4. The van der Waals surface area contributed by atoms with Gasteiger partial charge in [-0.05, 0) is 37.1 Å². The number of thioether (sulfide) groups is 1. The maximum Gasteiger partial charge on any atom is 0.251 e. The van der Waals surface area contributed by atoms with Crippen LogP contribution in [-0.2, 0) is 14.4 Å². The fourth-order valence-electron chi connectivity index (χ4n) is 6.56. The van der Waals surface area contributed by atoms with Gasteiger partial charge in [0.2, 0.25) is 11.8 Å². The van der Waals surface area contributed by atoms with Crippen LogP contribution in [0, 0.1) is 11.8 Å². The lowest BCUT2D eigenvalue weighted by atomic mass is 9.70. The Morgan fingerprint density at radius 3 is 2.38 bits per heavy atom. The summed E-state index contributed by atoms with van der Waals surface area (Å²) in [6, 6.07) is 15.6. The highest BCUT2D eigenvalue weighted by atomic mass is 35.5. The van der Waals surface area contributed by atoms with Crippen LogP contribution in [0.1, 0.15) is 12.8 Å². The van der Waals surface area contributed by atoms with Gasteiger partial charge in [-0.25, -0.2) is 0 Å². The first-order valence-corrected chi connectivity index (χ1v) is 14.4. The van der Waals surface area contributed by atoms with Crippen LogP contribution >= 0.6 is 23.4 Å². The number of carbonyl (C=O) groups excluding carboxylic acids is 3. The minimum absolute atomic E-state index is 0.0130. The van der Waals surface area contributed by atoms with Crippen LogP contribution in [0.3, 0.4) is 0 Å². The number of aliphatic hydroxyl groups is 1. The Hall–Kier alpha value is -3.07.